The third-order valence-corrected chi connectivity index (χ3v) is 3.66. The molecule has 2 aromatic carbocycles. The van der Waals surface area contributed by atoms with Gasteiger partial charge in [0, 0.05) is 5.69 Å². The first-order valence-corrected chi connectivity index (χ1v) is 7.90. The van der Waals surface area contributed by atoms with Gasteiger partial charge < -0.3 is 15.4 Å². The summed E-state index contributed by atoms with van der Waals surface area (Å²) in [5, 5.41) is 6.07. The predicted molar refractivity (Wildman–Crippen MR) is 99.6 cm³/mol. The van der Waals surface area contributed by atoms with Crippen molar-refractivity contribution in [1.29, 1.82) is 0 Å². The third-order valence-electron chi connectivity index (χ3n) is 3.66. The van der Waals surface area contributed by atoms with Crippen LogP contribution in [0.5, 0.6) is 5.75 Å². The maximum Gasteiger partial charge on any atom is 0.274 e. The molecule has 0 aliphatic carbocycles. The van der Waals surface area contributed by atoms with Gasteiger partial charge in [-0.1, -0.05) is 24.3 Å². The smallest absolute Gasteiger partial charge is 0.274 e. The molecule has 0 unspecified atom stereocenters. The molecule has 0 saturated heterocycles. The minimum Gasteiger partial charge on any atom is -0.495 e. The summed E-state index contributed by atoms with van der Waals surface area (Å²) >= 11 is 0. The maximum atomic E-state index is 12.2. The number of aryl methyl sites for hydroxylation is 1. The SMILES string of the molecule is COc1ccc(C)cc1Nc1ccc(C(=O)Nc2ccccc2)nc1. The van der Waals surface area contributed by atoms with Crippen LogP contribution in [0.4, 0.5) is 17.1 Å². The Balaban J connectivity index is 1.72. The van der Waals surface area contributed by atoms with Gasteiger partial charge in [0.15, 0.2) is 0 Å². The molecule has 2 N–H and O–H groups in total. The van der Waals surface area contributed by atoms with Crippen molar-refractivity contribution < 1.29 is 9.53 Å². The minimum absolute atomic E-state index is 0.245. The first kappa shape index (κ1) is 16.5. The van der Waals surface area contributed by atoms with Gasteiger partial charge in [0.25, 0.3) is 5.91 Å². The van der Waals surface area contributed by atoms with E-state index in [4.69, 9.17) is 4.74 Å². The van der Waals surface area contributed by atoms with Crippen molar-refractivity contribution in [1.82, 2.24) is 4.98 Å². The number of benzene rings is 2. The molecular weight excluding hydrogens is 314 g/mol. The summed E-state index contributed by atoms with van der Waals surface area (Å²) in [6.07, 6.45) is 1.63. The quantitative estimate of drug-likeness (QED) is 0.727. The fourth-order valence-electron chi connectivity index (χ4n) is 2.39. The minimum atomic E-state index is -0.245. The molecule has 5 nitrogen and oxygen atoms in total. The number of carbonyl (C=O) groups is 1. The first-order valence-electron chi connectivity index (χ1n) is 7.90. The molecule has 25 heavy (non-hydrogen) atoms. The van der Waals surface area contributed by atoms with Crippen LogP contribution >= 0.6 is 0 Å². The molecule has 3 rings (SSSR count). The number of methoxy groups -OCH3 is 1. The van der Waals surface area contributed by atoms with Crippen molar-refractivity contribution in [2.24, 2.45) is 0 Å². The number of pyridine rings is 1. The lowest BCUT2D eigenvalue weighted by Crippen LogP contribution is -2.13. The van der Waals surface area contributed by atoms with Crippen LogP contribution in [-0.2, 0) is 0 Å². The molecule has 126 valence electrons. The van der Waals surface area contributed by atoms with E-state index in [1.165, 1.54) is 0 Å². The third kappa shape index (κ3) is 4.14. The molecule has 0 fully saturated rings. The number of aromatic nitrogens is 1. The number of para-hydroxylation sites is 1. The van der Waals surface area contributed by atoms with Gasteiger partial charge in [-0.2, -0.15) is 0 Å². The van der Waals surface area contributed by atoms with E-state index in [0.29, 0.717) is 5.69 Å². The Kier molecular flexibility index (Phi) is 4.95. The Morgan fingerprint density at radius 3 is 2.48 bits per heavy atom. The maximum absolute atomic E-state index is 12.2. The highest BCUT2D eigenvalue weighted by molar-refractivity contribution is 6.02. The Morgan fingerprint density at radius 2 is 1.80 bits per heavy atom. The molecule has 0 atom stereocenters. The average Bonchev–Trinajstić information content (AvgIpc) is 2.63. The zero-order valence-electron chi connectivity index (χ0n) is 14.1. The average molecular weight is 333 g/mol. The number of rotatable bonds is 5. The van der Waals surface area contributed by atoms with Gasteiger partial charge >= 0.3 is 0 Å². The van der Waals surface area contributed by atoms with Crippen LogP contribution in [0.15, 0.2) is 66.9 Å². The van der Waals surface area contributed by atoms with Crippen LogP contribution < -0.4 is 15.4 Å². The Morgan fingerprint density at radius 1 is 1.00 bits per heavy atom. The number of carbonyl (C=O) groups excluding carboxylic acids is 1. The number of hydrogen-bond acceptors (Lipinski definition) is 4. The zero-order chi connectivity index (χ0) is 17.6. The van der Waals surface area contributed by atoms with E-state index in [-0.39, 0.29) is 5.91 Å². The van der Waals surface area contributed by atoms with Crippen LogP contribution in [0.2, 0.25) is 0 Å². The highest BCUT2D eigenvalue weighted by Crippen LogP contribution is 2.28. The lowest BCUT2D eigenvalue weighted by molar-refractivity contribution is 0.102. The number of amides is 1. The van der Waals surface area contributed by atoms with Gasteiger partial charge in [-0.05, 0) is 48.9 Å². The fourth-order valence-corrected chi connectivity index (χ4v) is 2.39. The predicted octanol–water partition coefficient (Wildman–Crippen LogP) is 4.39. The monoisotopic (exact) mass is 333 g/mol. The van der Waals surface area contributed by atoms with Gasteiger partial charge in [-0.3, -0.25) is 4.79 Å². The van der Waals surface area contributed by atoms with E-state index >= 15 is 0 Å². The summed E-state index contributed by atoms with van der Waals surface area (Å²) in [5.74, 6) is 0.502. The molecule has 1 amide bonds. The Labute approximate surface area is 146 Å². The molecule has 0 saturated carbocycles. The Bertz CT molecular complexity index is 862. The van der Waals surface area contributed by atoms with Crippen molar-refractivity contribution >= 4 is 23.0 Å². The number of hydrogen-bond donors (Lipinski definition) is 2. The molecule has 1 aromatic heterocycles. The topological polar surface area (TPSA) is 63.2 Å². The van der Waals surface area contributed by atoms with Crippen molar-refractivity contribution in [3.05, 3.63) is 78.1 Å². The normalized spacial score (nSPS) is 10.2. The largest absolute Gasteiger partial charge is 0.495 e. The molecule has 0 bridgehead atoms. The first-order chi connectivity index (χ1) is 12.2. The van der Waals surface area contributed by atoms with E-state index in [0.717, 1.165) is 28.4 Å². The number of nitrogens with one attached hydrogen (secondary N) is 2. The number of anilines is 3. The van der Waals surface area contributed by atoms with Crippen LogP contribution in [-0.4, -0.2) is 18.0 Å². The highest BCUT2D eigenvalue weighted by Gasteiger charge is 2.08. The van der Waals surface area contributed by atoms with Crippen LogP contribution in [0.3, 0.4) is 0 Å². The zero-order valence-corrected chi connectivity index (χ0v) is 14.1. The molecular formula is C20H19N3O2. The Hall–Kier alpha value is -3.34. The van der Waals surface area contributed by atoms with Crippen LogP contribution in [0.25, 0.3) is 0 Å². The summed E-state index contributed by atoms with van der Waals surface area (Å²) in [4.78, 5) is 16.4. The van der Waals surface area contributed by atoms with Gasteiger partial charge in [0.05, 0.1) is 24.7 Å². The van der Waals surface area contributed by atoms with E-state index in [1.54, 1.807) is 19.4 Å². The summed E-state index contributed by atoms with van der Waals surface area (Å²) in [6.45, 7) is 2.01. The van der Waals surface area contributed by atoms with Crippen molar-refractivity contribution in [2.45, 2.75) is 6.92 Å². The highest BCUT2D eigenvalue weighted by atomic mass is 16.5. The molecule has 5 heteroatoms. The summed E-state index contributed by atoms with van der Waals surface area (Å²) < 4.78 is 5.35. The van der Waals surface area contributed by atoms with E-state index < -0.39 is 0 Å². The second kappa shape index (κ2) is 7.49. The van der Waals surface area contributed by atoms with Gasteiger partial charge in [-0.15, -0.1) is 0 Å². The van der Waals surface area contributed by atoms with Crippen molar-refractivity contribution in [3.63, 3.8) is 0 Å². The van der Waals surface area contributed by atoms with E-state index in [9.17, 15) is 4.79 Å². The summed E-state index contributed by atoms with van der Waals surface area (Å²) in [6, 6.07) is 18.7. The molecule has 0 aliphatic heterocycles. The lowest BCUT2D eigenvalue weighted by atomic mass is 10.2. The number of nitrogens with zero attached hydrogens (tertiary/aromatic N) is 1. The summed E-state index contributed by atoms with van der Waals surface area (Å²) in [7, 11) is 1.63. The molecule has 3 aromatic rings. The standard InChI is InChI=1S/C20H19N3O2/c1-14-8-11-19(25-2)18(12-14)22-16-9-10-17(21-13-16)20(24)23-15-6-4-3-5-7-15/h3-13,22H,1-2H3,(H,23,24). The lowest BCUT2D eigenvalue weighted by Gasteiger charge is -2.12. The second-order valence-corrected chi connectivity index (χ2v) is 5.58. The van der Waals surface area contributed by atoms with Gasteiger partial charge in [0.1, 0.15) is 11.4 Å². The fraction of sp³-hybridized carbons (Fsp3) is 0.100. The van der Waals surface area contributed by atoms with Gasteiger partial charge in [-0.25, -0.2) is 4.98 Å². The van der Waals surface area contributed by atoms with E-state index in [2.05, 4.69) is 15.6 Å². The van der Waals surface area contributed by atoms with Gasteiger partial charge in [0.2, 0.25) is 0 Å². The molecule has 1 heterocycles. The molecule has 0 spiro atoms. The summed E-state index contributed by atoms with van der Waals surface area (Å²) in [5.41, 5.74) is 3.84. The molecule has 0 radical (unpaired) electrons. The van der Waals surface area contributed by atoms with Crippen molar-refractivity contribution in [2.75, 3.05) is 17.7 Å². The van der Waals surface area contributed by atoms with Crippen LogP contribution in [0, 0.1) is 6.92 Å². The van der Waals surface area contributed by atoms with E-state index in [1.807, 2.05) is 61.5 Å². The second-order valence-electron chi connectivity index (χ2n) is 5.58. The van der Waals surface area contributed by atoms with Crippen LogP contribution in [0.1, 0.15) is 16.1 Å². The number of ether oxygens (including phenoxy) is 1. The van der Waals surface area contributed by atoms with Crippen molar-refractivity contribution in [3.8, 4) is 5.75 Å². The molecule has 0 aliphatic rings.